The van der Waals surface area contributed by atoms with Gasteiger partial charge in [0.05, 0.1) is 12.9 Å². The maximum atomic E-state index is 13.5. The second-order valence-electron chi connectivity index (χ2n) is 7.66. The molecule has 0 saturated heterocycles. The van der Waals surface area contributed by atoms with Crippen LogP contribution in [0.5, 0.6) is 0 Å². The number of hydrogen-bond acceptors (Lipinski definition) is 6. The molecule has 0 bridgehead atoms. The van der Waals surface area contributed by atoms with Crippen molar-refractivity contribution in [2.24, 2.45) is 0 Å². The van der Waals surface area contributed by atoms with Crippen molar-refractivity contribution in [3.8, 4) is 0 Å². The molecule has 1 amide bonds. The number of rotatable bonds is 7. The van der Waals surface area contributed by atoms with Gasteiger partial charge in [0.15, 0.2) is 16.3 Å². The van der Waals surface area contributed by atoms with Crippen molar-refractivity contribution in [2.75, 3.05) is 5.32 Å². The molecule has 0 atom stereocenters. The molecule has 1 N–H and O–H groups in total. The van der Waals surface area contributed by atoms with Gasteiger partial charge in [-0.1, -0.05) is 60.7 Å². The Morgan fingerprint density at radius 3 is 2.21 bits per heavy atom. The van der Waals surface area contributed by atoms with E-state index >= 15 is 0 Å². The molecule has 0 saturated carbocycles. The number of benzene rings is 2. The molecule has 2 aromatic carbocycles. The zero-order chi connectivity index (χ0) is 23.5. The molecule has 9 nitrogen and oxygen atoms in total. The minimum Gasteiger partial charge on any atom is -0.320 e. The van der Waals surface area contributed by atoms with E-state index < -0.39 is 23.7 Å². The van der Waals surface area contributed by atoms with Gasteiger partial charge in [-0.05, 0) is 11.1 Å². The minimum absolute atomic E-state index is 0.215. The molecule has 0 fully saturated rings. The number of thiazole rings is 1. The van der Waals surface area contributed by atoms with E-state index in [1.165, 1.54) is 15.9 Å². The Morgan fingerprint density at radius 2 is 1.56 bits per heavy atom. The maximum Gasteiger partial charge on any atom is 0.333 e. The zero-order valence-electron chi connectivity index (χ0n) is 18.0. The summed E-state index contributed by atoms with van der Waals surface area (Å²) in [4.78, 5) is 47.9. The lowest BCUT2D eigenvalue weighted by atomic mass is 10.2. The topological polar surface area (TPSA) is 104 Å². The summed E-state index contributed by atoms with van der Waals surface area (Å²) < 4.78 is 4.10. The molecule has 3 aromatic heterocycles. The first-order chi connectivity index (χ1) is 16.6. The van der Waals surface area contributed by atoms with E-state index in [2.05, 4.69) is 15.3 Å². The molecule has 0 aliphatic carbocycles. The summed E-state index contributed by atoms with van der Waals surface area (Å²) in [5.41, 5.74) is 1.25. The number of carbonyl (C=O) groups is 1. The summed E-state index contributed by atoms with van der Waals surface area (Å²) in [6, 6.07) is 19.1. The summed E-state index contributed by atoms with van der Waals surface area (Å²) in [5, 5.41) is 4.75. The van der Waals surface area contributed by atoms with Crippen LogP contribution in [0.2, 0.25) is 0 Å². The second kappa shape index (κ2) is 9.28. The van der Waals surface area contributed by atoms with Crippen LogP contribution < -0.4 is 16.6 Å². The largest absolute Gasteiger partial charge is 0.333 e. The van der Waals surface area contributed by atoms with Crippen LogP contribution in [0.1, 0.15) is 11.1 Å². The van der Waals surface area contributed by atoms with E-state index in [1.54, 1.807) is 22.5 Å². The summed E-state index contributed by atoms with van der Waals surface area (Å²) in [6.45, 7) is 0.187. The third kappa shape index (κ3) is 4.30. The molecule has 170 valence electrons. The highest BCUT2D eigenvalue weighted by molar-refractivity contribution is 7.13. The van der Waals surface area contributed by atoms with Crippen molar-refractivity contribution < 1.29 is 4.79 Å². The van der Waals surface area contributed by atoms with Gasteiger partial charge in [-0.3, -0.25) is 14.2 Å². The summed E-state index contributed by atoms with van der Waals surface area (Å²) in [6.07, 6.45) is 3.12. The van der Waals surface area contributed by atoms with Crippen molar-refractivity contribution in [1.29, 1.82) is 0 Å². The number of carbonyl (C=O) groups excluding carboxylic acids is 1. The average Bonchev–Trinajstić information content (AvgIpc) is 3.51. The Labute approximate surface area is 197 Å². The molecule has 5 aromatic rings. The number of fused-ring (bicyclic) bond motifs is 1. The van der Waals surface area contributed by atoms with E-state index in [0.717, 1.165) is 15.7 Å². The first-order valence-electron chi connectivity index (χ1n) is 10.6. The van der Waals surface area contributed by atoms with Gasteiger partial charge in [0.2, 0.25) is 5.91 Å². The zero-order valence-corrected chi connectivity index (χ0v) is 18.8. The summed E-state index contributed by atoms with van der Waals surface area (Å²) in [7, 11) is 0. The lowest BCUT2D eigenvalue weighted by molar-refractivity contribution is -0.116. The number of anilines is 1. The summed E-state index contributed by atoms with van der Waals surface area (Å²) in [5.74, 6) is -0.506. The fraction of sp³-hybridized carbons (Fsp3) is 0.125. The molecular formula is C24H20N6O3S. The smallest absolute Gasteiger partial charge is 0.320 e. The van der Waals surface area contributed by atoms with Crippen LogP contribution in [0.25, 0.3) is 11.2 Å². The fourth-order valence-electron chi connectivity index (χ4n) is 3.77. The van der Waals surface area contributed by atoms with Gasteiger partial charge in [-0.25, -0.2) is 19.3 Å². The van der Waals surface area contributed by atoms with Gasteiger partial charge >= 0.3 is 5.69 Å². The highest BCUT2D eigenvalue weighted by atomic mass is 32.1. The first-order valence-corrected chi connectivity index (χ1v) is 11.4. The van der Waals surface area contributed by atoms with Crippen LogP contribution >= 0.6 is 11.3 Å². The first kappa shape index (κ1) is 21.5. The van der Waals surface area contributed by atoms with E-state index in [4.69, 9.17) is 0 Å². The van der Waals surface area contributed by atoms with Crippen molar-refractivity contribution in [3.05, 3.63) is 111 Å². The van der Waals surface area contributed by atoms with Crippen molar-refractivity contribution >= 4 is 33.5 Å². The minimum atomic E-state index is -0.597. The van der Waals surface area contributed by atoms with Crippen LogP contribution in [0.15, 0.2) is 88.2 Å². The standard InChI is InChI=1S/C24H20N6O3S/c31-19(27-23-25-11-12-34-23)15-30-22(32)20-21(26-16-28(20)13-17-7-3-1-4-8-17)29(24(30)33)14-18-9-5-2-6-10-18/h1-12,16H,13-15H2,(H,25,27,31). The Kier molecular flexibility index (Phi) is 5.88. The Hall–Kier alpha value is -4.31. The van der Waals surface area contributed by atoms with Crippen LogP contribution in [0, 0.1) is 0 Å². The number of nitrogens with one attached hydrogen (secondary N) is 1. The van der Waals surface area contributed by atoms with Crippen LogP contribution in [0.4, 0.5) is 5.13 Å². The number of hydrogen-bond donors (Lipinski definition) is 1. The van der Waals surface area contributed by atoms with Crippen molar-refractivity contribution in [1.82, 2.24) is 23.7 Å². The van der Waals surface area contributed by atoms with Crippen LogP contribution in [-0.2, 0) is 24.4 Å². The average molecular weight is 473 g/mol. The fourth-order valence-corrected chi connectivity index (χ4v) is 4.32. The molecule has 0 unspecified atom stereocenters. The molecule has 0 spiro atoms. The molecule has 34 heavy (non-hydrogen) atoms. The van der Waals surface area contributed by atoms with Crippen molar-refractivity contribution in [3.63, 3.8) is 0 Å². The van der Waals surface area contributed by atoms with Gasteiger partial charge < -0.3 is 9.88 Å². The lowest BCUT2D eigenvalue weighted by Crippen LogP contribution is -2.43. The quantitative estimate of drug-likeness (QED) is 0.392. The monoisotopic (exact) mass is 472 g/mol. The predicted molar refractivity (Wildman–Crippen MR) is 130 cm³/mol. The van der Waals surface area contributed by atoms with E-state index in [9.17, 15) is 14.4 Å². The predicted octanol–water partition coefficient (Wildman–Crippen LogP) is 2.55. The third-order valence-electron chi connectivity index (χ3n) is 5.34. The van der Waals surface area contributed by atoms with Gasteiger partial charge in [-0.2, -0.15) is 0 Å². The van der Waals surface area contributed by atoms with E-state index in [1.807, 2.05) is 60.7 Å². The second-order valence-corrected chi connectivity index (χ2v) is 8.56. The Balaban J connectivity index is 1.62. The van der Waals surface area contributed by atoms with Crippen molar-refractivity contribution in [2.45, 2.75) is 19.6 Å². The molecule has 0 radical (unpaired) electrons. The van der Waals surface area contributed by atoms with Crippen LogP contribution in [0.3, 0.4) is 0 Å². The summed E-state index contributed by atoms with van der Waals surface area (Å²) >= 11 is 1.25. The SMILES string of the molecule is O=C(Cn1c(=O)c2c(ncn2Cc2ccccc2)n(Cc2ccccc2)c1=O)Nc1nccs1. The number of amides is 1. The van der Waals surface area contributed by atoms with E-state index in [0.29, 0.717) is 11.7 Å². The number of nitrogens with zero attached hydrogens (tertiary/aromatic N) is 5. The Morgan fingerprint density at radius 1 is 0.882 bits per heavy atom. The molecule has 0 aliphatic rings. The molecule has 10 heteroatoms. The van der Waals surface area contributed by atoms with Gasteiger partial charge in [0.25, 0.3) is 5.56 Å². The van der Waals surface area contributed by atoms with E-state index in [-0.39, 0.29) is 17.7 Å². The number of aromatic nitrogens is 5. The Bertz CT molecular complexity index is 1550. The highest BCUT2D eigenvalue weighted by Crippen LogP contribution is 2.13. The molecule has 0 aliphatic heterocycles. The van der Waals surface area contributed by atoms with Gasteiger partial charge in [-0.15, -0.1) is 11.3 Å². The highest BCUT2D eigenvalue weighted by Gasteiger charge is 2.20. The lowest BCUT2D eigenvalue weighted by Gasteiger charge is -2.13. The van der Waals surface area contributed by atoms with Gasteiger partial charge in [0.1, 0.15) is 6.54 Å². The van der Waals surface area contributed by atoms with Gasteiger partial charge in [0, 0.05) is 18.1 Å². The number of imidazole rings is 1. The van der Waals surface area contributed by atoms with Crippen LogP contribution in [-0.4, -0.2) is 29.6 Å². The maximum absolute atomic E-state index is 13.5. The molecule has 5 rings (SSSR count). The normalized spacial score (nSPS) is 11.1. The third-order valence-corrected chi connectivity index (χ3v) is 6.03. The molecular weight excluding hydrogens is 452 g/mol. The molecule has 3 heterocycles.